The predicted octanol–water partition coefficient (Wildman–Crippen LogP) is 2.35. The average molecular weight is 398 g/mol. The van der Waals surface area contributed by atoms with Crippen LogP contribution in [-0.2, 0) is 29.3 Å². The Bertz CT molecular complexity index is 317. The number of carbonyl (C=O) groups excluding carboxylic acids is 1. The van der Waals surface area contributed by atoms with Gasteiger partial charge < -0.3 is 0 Å². The fourth-order valence-corrected chi connectivity index (χ4v) is 2.73. The van der Waals surface area contributed by atoms with Crippen molar-refractivity contribution < 1.29 is 38.3 Å². The van der Waals surface area contributed by atoms with Crippen molar-refractivity contribution >= 4 is 14.5 Å². The summed E-state index contributed by atoms with van der Waals surface area (Å²) in [6.45, 7) is 2.16. The third kappa shape index (κ3) is 3.17. The van der Waals surface area contributed by atoms with Crippen LogP contribution in [0.25, 0.3) is 0 Å². The van der Waals surface area contributed by atoms with Gasteiger partial charge in [0.25, 0.3) is 0 Å². The zero-order valence-corrected chi connectivity index (χ0v) is 14.2. The van der Waals surface area contributed by atoms with Gasteiger partial charge in [-0.25, -0.2) is 0 Å². The van der Waals surface area contributed by atoms with E-state index in [1.807, 2.05) is 6.07 Å². The zero-order valence-electron chi connectivity index (χ0n) is 7.86. The van der Waals surface area contributed by atoms with E-state index >= 15 is 0 Å². The molecule has 3 nitrogen and oxygen atoms in total. The molecule has 0 N–H and O–H groups in total. The summed E-state index contributed by atoms with van der Waals surface area (Å²) in [5.41, 5.74) is 0.493. The number of esters is 1. The molecule has 0 bridgehead atoms. The van der Waals surface area contributed by atoms with Crippen LogP contribution >= 0.6 is 8.52 Å². The van der Waals surface area contributed by atoms with Crippen LogP contribution in [0.5, 0.6) is 5.75 Å². The fourth-order valence-electron chi connectivity index (χ4n) is 0.980. The molecule has 0 radical (unpaired) electrons. The molecule has 0 amide bonds. The minimum absolute atomic E-state index is 0.328. The van der Waals surface area contributed by atoms with Crippen molar-refractivity contribution in [1.82, 2.24) is 0 Å². The molecule has 0 spiro atoms. The van der Waals surface area contributed by atoms with Gasteiger partial charge in [0.05, 0.1) is 0 Å². The number of hydrogen-bond donors (Lipinski definition) is 0. The summed E-state index contributed by atoms with van der Waals surface area (Å²) in [6.07, 6.45) is 0. The molecule has 0 aromatic heterocycles. The molecule has 0 heterocycles. The second kappa shape index (κ2) is 6.29. The maximum atomic E-state index is 11.4. The summed E-state index contributed by atoms with van der Waals surface area (Å²) in [4.78, 5) is 11.4. The quantitative estimate of drug-likeness (QED) is 0.444. The van der Waals surface area contributed by atoms with E-state index in [4.69, 9.17) is 8.92 Å². The summed E-state index contributed by atoms with van der Waals surface area (Å²) in [6, 6.07) is 7.10. The molecule has 0 saturated carbocycles. The van der Waals surface area contributed by atoms with Crippen molar-refractivity contribution in [2.45, 2.75) is 6.92 Å². The molecule has 1 aromatic carbocycles. The third-order valence-electron chi connectivity index (χ3n) is 1.53. The first-order valence-electron chi connectivity index (χ1n) is 4.14. The molecule has 1 rings (SSSR count). The fraction of sp³-hybridized carbons (Fsp3) is 0.222. The molecule has 0 unspecified atom stereocenters. The van der Waals surface area contributed by atoms with Gasteiger partial charge in [0, 0.05) is 0 Å². The van der Waals surface area contributed by atoms with Crippen LogP contribution in [0.1, 0.15) is 17.3 Å². The SMILES string of the molecule is CCOC(=O)c1ccccc1O[S][Hg]. The minimum atomic E-state index is -0.328. The first kappa shape index (κ1) is 11.8. The Morgan fingerprint density at radius 2 is 2.21 bits per heavy atom. The van der Waals surface area contributed by atoms with Crippen molar-refractivity contribution in [3.8, 4) is 5.75 Å². The molecule has 0 aliphatic rings. The standard InChI is InChI=1S/C9H10O3S.Hg/c1-2-11-9(10)7-5-3-4-6-8(7)12-13;/h3-6,13H,2H2,1H3;/q;+1/p-1. The second-order valence-electron chi connectivity index (χ2n) is 2.42. The molecule has 5 heteroatoms. The van der Waals surface area contributed by atoms with Crippen molar-refractivity contribution in [2.75, 3.05) is 6.61 Å². The molecule has 0 aliphatic carbocycles. The molecule has 71 valence electrons. The van der Waals surface area contributed by atoms with Crippen LogP contribution in [-0.4, -0.2) is 12.6 Å². The Kier molecular flexibility index (Phi) is 5.33. The molecule has 0 atom stereocenters. The van der Waals surface area contributed by atoms with Crippen molar-refractivity contribution in [2.24, 2.45) is 0 Å². The van der Waals surface area contributed by atoms with E-state index in [1.54, 1.807) is 25.1 Å². The number of rotatable bonds is 4. The molecular weight excluding hydrogens is 389 g/mol. The van der Waals surface area contributed by atoms with Crippen LogP contribution in [0.15, 0.2) is 24.3 Å². The topological polar surface area (TPSA) is 35.5 Å². The first-order valence-corrected chi connectivity index (χ1v) is 11.8. The Morgan fingerprint density at radius 3 is 2.86 bits per heavy atom. The van der Waals surface area contributed by atoms with E-state index in [-0.39, 0.29) is 5.97 Å². The zero-order chi connectivity index (χ0) is 10.4. The van der Waals surface area contributed by atoms with Crippen LogP contribution in [0.3, 0.4) is 0 Å². The van der Waals surface area contributed by atoms with E-state index in [1.165, 1.54) is 8.52 Å². The summed E-state index contributed by atoms with van der Waals surface area (Å²) in [7, 11) is 1.39. The van der Waals surface area contributed by atoms with Gasteiger partial charge >= 0.3 is 102 Å². The van der Waals surface area contributed by atoms with E-state index in [9.17, 15) is 4.79 Å². The Morgan fingerprint density at radius 1 is 1.50 bits per heavy atom. The summed E-state index contributed by atoms with van der Waals surface area (Å²) < 4.78 is 10.2. The van der Waals surface area contributed by atoms with Crippen LogP contribution in [0.4, 0.5) is 0 Å². The molecule has 1 aromatic rings. The normalized spacial score (nSPS) is 9.64. The second-order valence-corrected chi connectivity index (χ2v) is 5.57. The molecule has 0 fully saturated rings. The van der Waals surface area contributed by atoms with Gasteiger partial charge in [-0.3, -0.25) is 0 Å². The summed E-state index contributed by atoms with van der Waals surface area (Å²) >= 11 is 0.490. The number of benzene rings is 1. The number of hydrogen-bond acceptors (Lipinski definition) is 4. The van der Waals surface area contributed by atoms with Crippen LogP contribution in [0.2, 0.25) is 0 Å². The summed E-state index contributed by atoms with van der Waals surface area (Å²) in [5, 5.41) is 0. The molecule has 0 aliphatic heterocycles. The predicted molar refractivity (Wildman–Crippen MR) is 50.6 cm³/mol. The van der Waals surface area contributed by atoms with E-state index in [0.29, 0.717) is 42.5 Å². The Balaban J connectivity index is 2.88. The number of para-hydroxylation sites is 1. The van der Waals surface area contributed by atoms with E-state index in [0.717, 1.165) is 0 Å². The van der Waals surface area contributed by atoms with Gasteiger partial charge in [0.1, 0.15) is 0 Å². The van der Waals surface area contributed by atoms with Gasteiger partial charge in [-0.1, -0.05) is 0 Å². The van der Waals surface area contributed by atoms with Crippen LogP contribution in [0, 0.1) is 0 Å². The van der Waals surface area contributed by atoms with Gasteiger partial charge in [-0.05, 0) is 0 Å². The van der Waals surface area contributed by atoms with Crippen LogP contribution < -0.4 is 4.18 Å². The molecule has 14 heavy (non-hydrogen) atoms. The van der Waals surface area contributed by atoms with Crippen molar-refractivity contribution in [1.29, 1.82) is 0 Å². The first-order chi connectivity index (χ1) is 6.79. The average Bonchev–Trinajstić information content (AvgIpc) is 2.19. The van der Waals surface area contributed by atoms with E-state index in [2.05, 4.69) is 0 Å². The summed E-state index contributed by atoms with van der Waals surface area (Å²) in [5.74, 6) is 0.261. The molecule has 0 saturated heterocycles. The Hall–Kier alpha value is -0.225. The van der Waals surface area contributed by atoms with E-state index < -0.39 is 0 Å². The van der Waals surface area contributed by atoms with Gasteiger partial charge in [0.2, 0.25) is 0 Å². The number of ether oxygens (including phenoxy) is 1. The number of carbonyl (C=O) groups is 1. The third-order valence-corrected chi connectivity index (χ3v) is 3.20. The van der Waals surface area contributed by atoms with Gasteiger partial charge in [-0.2, -0.15) is 0 Å². The van der Waals surface area contributed by atoms with Crippen molar-refractivity contribution in [3.63, 3.8) is 0 Å². The van der Waals surface area contributed by atoms with Crippen molar-refractivity contribution in [3.05, 3.63) is 29.8 Å². The van der Waals surface area contributed by atoms with Gasteiger partial charge in [-0.15, -0.1) is 0 Å². The van der Waals surface area contributed by atoms with Gasteiger partial charge in [0.15, 0.2) is 0 Å². The maximum absolute atomic E-state index is 11.4. The molecular formula is C9H9HgO3S. The Labute approximate surface area is 101 Å². The monoisotopic (exact) mass is 399 g/mol.